The zero-order chi connectivity index (χ0) is 9.35. The molecule has 65 valence electrons. The Morgan fingerprint density at radius 2 is 2.00 bits per heavy atom. The molecule has 0 saturated carbocycles. The lowest BCUT2D eigenvalue weighted by atomic mass is 10.2. The van der Waals surface area contributed by atoms with Crippen molar-refractivity contribution in [2.45, 2.75) is 11.8 Å². The summed E-state index contributed by atoms with van der Waals surface area (Å²) in [4.78, 5) is -0.149. The van der Waals surface area contributed by atoms with Gasteiger partial charge in [0, 0.05) is 0 Å². The predicted octanol–water partition coefficient (Wildman–Crippen LogP) is 1.11. The highest BCUT2D eigenvalue weighted by atomic mass is 32.2. The second-order valence-corrected chi connectivity index (χ2v) is 3.86. The van der Waals surface area contributed by atoms with Gasteiger partial charge in [-0.25, -0.2) is 12.8 Å². The summed E-state index contributed by atoms with van der Waals surface area (Å²) in [6.45, 7) is 1.45. The van der Waals surface area contributed by atoms with Gasteiger partial charge in [0.25, 0.3) is 10.0 Å². The van der Waals surface area contributed by atoms with E-state index in [2.05, 4.69) is 0 Å². The summed E-state index contributed by atoms with van der Waals surface area (Å²) in [7, 11) is -3.97. The Morgan fingerprint density at radius 3 is 2.42 bits per heavy atom. The quantitative estimate of drug-likeness (QED) is 0.662. The van der Waals surface area contributed by atoms with Crippen molar-refractivity contribution in [2.24, 2.45) is 0 Å². The van der Waals surface area contributed by atoms with E-state index in [9.17, 15) is 12.8 Å². The van der Waals surface area contributed by atoms with Crippen LogP contribution in [0.25, 0.3) is 0 Å². The Balaban J connectivity index is 3.39. The van der Waals surface area contributed by atoms with Crippen LogP contribution in [-0.4, -0.2) is 8.42 Å². The van der Waals surface area contributed by atoms with E-state index in [1.807, 2.05) is 0 Å². The lowest BCUT2D eigenvalue weighted by Gasteiger charge is -2.00. The molecule has 0 aliphatic carbocycles. The molecule has 3 nitrogen and oxygen atoms in total. The van der Waals surface area contributed by atoms with Crippen LogP contribution in [0.1, 0.15) is 5.56 Å². The van der Waals surface area contributed by atoms with E-state index >= 15 is 0 Å². The fraction of sp³-hybridized carbons (Fsp3) is 0.143. The minimum absolute atomic E-state index is 0.149. The summed E-state index contributed by atoms with van der Waals surface area (Å²) in [5.74, 6) is -0.500. The number of hydrogen-bond donors (Lipinski definition) is 0. The third-order valence-electron chi connectivity index (χ3n) is 1.43. The molecule has 5 heteroatoms. The number of nitrogens with one attached hydrogen (secondary N) is 1. The summed E-state index contributed by atoms with van der Waals surface area (Å²) >= 11 is 0. The fourth-order valence-corrected chi connectivity index (χ4v) is 1.64. The third-order valence-corrected chi connectivity index (χ3v) is 2.46. The first-order valence-corrected chi connectivity index (χ1v) is 4.65. The number of halogens is 1. The summed E-state index contributed by atoms with van der Waals surface area (Å²) in [5.41, 5.74) is 0.255. The van der Waals surface area contributed by atoms with Crippen molar-refractivity contribution in [3.8, 4) is 0 Å². The van der Waals surface area contributed by atoms with Crippen LogP contribution in [0.3, 0.4) is 0 Å². The third kappa shape index (κ3) is 1.80. The molecule has 0 fully saturated rings. The lowest BCUT2D eigenvalue weighted by molar-refractivity contribution is 0.594. The maximum Gasteiger partial charge on any atom is 0.254 e. The van der Waals surface area contributed by atoms with Gasteiger partial charge in [-0.2, -0.15) is 0 Å². The monoisotopic (exact) mass is 188 g/mol. The number of rotatable bonds is 1. The first-order chi connectivity index (χ1) is 5.41. The second-order valence-electron chi connectivity index (χ2n) is 2.41. The molecule has 0 spiro atoms. The zero-order valence-electron chi connectivity index (χ0n) is 6.33. The van der Waals surface area contributed by atoms with Crippen LogP contribution in [0.5, 0.6) is 0 Å². The Kier molecular flexibility index (Phi) is 2.16. The van der Waals surface area contributed by atoms with E-state index in [4.69, 9.17) is 5.14 Å². The smallest absolute Gasteiger partial charge is 0.207 e. The predicted molar refractivity (Wildman–Crippen MR) is 41.4 cm³/mol. The molecule has 12 heavy (non-hydrogen) atoms. The molecule has 0 aliphatic rings. The molecule has 1 aromatic carbocycles. The topological polar surface area (TPSA) is 57.9 Å². The van der Waals surface area contributed by atoms with Crippen LogP contribution in [0.4, 0.5) is 4.39 Å². The van der Waals surface area contributed by atoms with E-state index in [1.165, 1.54) is 6.92 Å². The van der Waals surface area contributed by atoms with Crippen LogP contribution in [0.15, 0.2) is 23.1 Å². The van der Waals surface area contributed by atoms with Crippen molar-refractivity contribution >= 4 is 10.0 Å². The van der Waals surface area contributed by atoms with E-state index < -0.39 is 15.8 Å². The van der Waals surface area contributed by atoms with Crippen LogP contribution >= 0.6 is 0 Å². The zero-order valence-corrected chi connectivity index (χ0v) is 7.15. The molecular weight excluding hydrogens is 181 g/mol. The Hall–Kier alpha value is -0.940. The van der Waals surface area contributed by atoms with Gasteiger partial charge in [-0.15, -0.1) is 5.14 Å². The molecule has 0 saturated heterocycles. The number of aryl methyl sites for hydroxylation is 1. The summed E-state index contributed by atoms with van der Waals surface area (Å²) in [5, 5.41) is 6.73. The van der Waals surface area contributed by atoms with Gasteiger partial charge in [0.2, 0.25) is 0 Å². The van der Waals surface area contributed by atoms with Crippen LogP contribution in [-0.2, 0) is 10.0 Å². The van der Waals surface area contributed by atoms with Crippen molar-refractivity contribution in [1.29, 1.82) is 0 Å². The van der Waals surface area contributed by atoms with Gasteiger partial charge < -0.3 is 0 Å². The molecule has 0 bridgehead atoms. The lowest BCUT2D eigenvalue weighted by Crippen LogP contribution is -2.03. The Morgan fingerprint density at radius 1 is 1.42 bits per heavy atom. The van der Waals surface area contributed by atoms with Crippen molar-refractivity contribution in [3.63, 3.8) is 0 Å². The first kappa shape index (κ1) is 9.15. The highest BCUT2D eigenvalue weighted by Crippen LogP contribution is 2.14. The molecule has 1 rings (SSSR count). The second kappa shape index (κ2) is 2.84. The van der Waals surface area contributed by atoms with Gasteiger partial charge in [0.05, 0.1) is 4.90 Å². The molecule has 0 unspecified atom stereocenters. The molecule has 1 N–H and O–H groups in total. The van der Waals surface area contributed by atoms with Crippen molar-refractivity contribution < 1.29 is 12.8 Å². The van der Waals surface area contributed by atoms with Gasteiger partial charge in [-0.1, -0.05) is 0 Å². The van der Waals surface area contributed by atoms with Gasteiger partial charge >= 0.3 is 0 Å². The molecule has 0 aromatic heterocycles. The van der Waals surface area contributed by atoms with Crippen LogP contribution in [0, 0.1) is 12.7 Å². The maximum atomic E-state index is 12.5. The molecule has 0 atom stereocenters. The minimum Gasteiger partial charge on any atom is -0.207 e. The van der Waals surface area contributed by atoms with Gasteiger partial charge in [-0.05, 0) is 30.7 Å². The summed E-state index contributed by atoms with van der Waals surface area (Å²) < 4.78 is 33.9. The van der Waals surface area contributed by atoms with E-state index in [0.717, 1.165) is 18.2 Å². The Bertz CT molecular complexity index is 400. The van der Waals surface area contributed by atoms with Gasteiger partial charge in [-0.3, -0.25) is 0 Å². The molecule has 0 aliphatic heterocycles. The van der Waals surface area contributed by atoms with Crippen molar-refractivity contribution in [3.05, 3.63) is 29.6 Å². The fourth-order valence-electron chi connectivity index (χ4n) is 0.914. The van der Waals surface area contributed by atoms with Gasteiger partial charge in [0.15, 0.2) is 0 Å². The number of benzene rings is 1. The molecule has 1 aromatic rings. The average Bonchev–Trinajstić information content (AvgIpc) is 1.83. The summed E-state index contributed by atoms with van der Waals surface area (Å²) in [6, 6.07) is 3.20. The molecule has 0 amide bonds. The normalized spacial score (nSPS) is 11.6. The standard InChI is InChI=1S/C7H7FNO2S/c1-5-4-6(8)2-3-7(5)12(9,10)11/h2-4,9H,1H3. The van der Waals surface area contributed by atoms with Gasteiger partial charge in [0.1, 0.15) is 5.82 Å². The molecular formula is C7H7FNO2S. The molecule has 0 heterocycles. The minimum atomic E-state index is -3.97. The van der Waals surface area contributed by atoms with Crippen molar-refractivity contribution in [1.82, 2.24) is 5.14 Å². The maximum absolute atomic E-state index is 12.5. The molecule has 1 radical (unpaired) electrons. The van der Waals surface area contributed by atoms with Crippen LogP contribution in [0.2, 0.25) is 0 Å². The first-order valence-electron chi connectivity index (χ1n) is 3.17. The van der Waals surface area contributed by atoms with E-state index in [0.29, 0.717) is 0 Å². The van der Waals surface area contributed by atoms with E-state index in [1.54, 1.807) is 0 Å². The number of hydrogen-bond acceptors (Lipinski definition) is 2. The van der Waals surface area contributed by atoms with Crippen molar-refractivity contribution in [2.75, 3.05) is 0 Å². The van der Waals surface area contributed by atoms with E-state index in [-0.39, 0.29) is 10.5 Å². The largest absolute Gasteiger partial charge is 0.254 e. The van der Waals surface area contributed by atoms with Crippen LogP contribution < -0.4 is 5.14 Å². The average molecular weight is 188 g/mol. The summed E-state index contributed by atoms with van der Waals surface area (Å²) in [6.07, 6.45) is 0. The SMILES string of the molecule is Cc1cc(F)ccc1S([NH])(=O)=O. The Labute approximate surface area is 70.1 Å². The highest BCUT2D eigenvalue weighted by molar-refractivity contribution is 7.88. The highest BCUT2D eigenvalue weighted by Gasteiger charge is 2.11. The number of sulfonamides is 1.